The molecule has 1 saturated carbocycles. The van der Waals surface area contributed by atoms with E-state index in [1.807, 2.05) is 0 Å². The molecule has 1 fully saturated rings. The molecular weight excluding hydrogens is 224 g/mol. The predicted molar refractivity (Wildman–Crippen MR) is 61.6 cm³/mol. The van der Waals surface area contributed by atoms with E-state index in [2.05, 4.69) is 17.6 Å². The summed E-state index contributed by atoms with van der Waals surface area (Å²) in [4.78, 5) is 22.2. The summed E-state index contributed by atoms with van der Waals surface area (Å²) in [6.07, 6.45) is 2.08. The van der Waals surface area contributed by atoms with Gasteiger partial charge < -0.3 is 20.8 Å². The first-order chi connectivity index (χ1) is 7.90. The van der Waals surface area contributed by atoms with E-state index in [1.54, 1.807) is 0 Å². The van der Waals surface area contributed by atoms with Crippen molar-refractivity contribution in [3.8, 4) is 0 Å². The molecular formula is C11H20N2O4. The number of carboxylic acid groups (broad SMARTS) is 1. The summed E-state index contributed by atoms with van der Waals surface area (Å²) in [6, 6.07) is -1.81. The minimum atomic E-state index is -1.27. The van der Waals surface area contributed by atoms with Crippen molar-refractivity contribution in [2.24, 2.45) is 5.41 Å². The van der Waals surface area contributed by atoms with Gasteiger partial charge in [-0.15, -0.1) is 0 Å². The van der Waals surface area contributed by atoms with Crippen LogP contribution in [0.25, 0.3) is 0 Å². The number of urea groups is 1. The molecule has 2 atom stereocenters. The lowest BCUT2D eigenvalue weighted by Gasteiger charge is -2.19. The first-order valence-electron chi connectivity index (χ1n) is 5.85. The average Bonchev–Trinajstić information content (AvgIpc) is 3.03. The molecule has 6 heteroatoms. The van der Waals surface area contributed by atoms with Crippen molar-refractivity contribution in [1.29, 1.82) is 0 Å². The highest BCUT2D eigenvalue weighted by Gasteiger charge is 2.40. The molecule has 0 aromatic carbocycles. The van der Waals surface area contributed by atoms with Crippen LogP contribution in [0.2, 0.25) is 0 Å². The second-order valence-electron chi connectivity index (χ2n) is 4.74. The van der Waals surface area contributed by atoms with Gasteiger partial charge in [-0.05, 0) is 31.6 Å². The molecule has 0 heterocycles. The largest absolute Gasteiger partial charge is 0.480 e. The van der Waals surface area contributed by atoms with Gasteiger partial charge in [0, 0.05) is 6.54 Å². The maximum atomic E-state index is 11.5. The van der Waals surface area contributed by atoms with Crippen LogP contribution in [0.1, 0.15) is 33.1 Å². The van der Waals surface area contributed by atoms with Crippen LogP contribution in [0.5, 0.6) is 0 Å². The van der Waals surface area contributed by atoms with Gasteiger partial charge in [0.1, 0.15) is 0 Å². The number of aliphatic hydroxyl groups excluding tert-OH is 1. The molecule has 4 N–H and O–H groups in total. The quantitative estimate of drug-likeness (QED) is 0.540. The number of rotatable bonds is 6. The summed E-state index contributed by atoms with van der Waals surface area (Å²) >= 11 is 0. The molecule has 0 aromatic heterocycles. The van der Waals surface area contributed by atoms with Gasteiger partial charge in [-0.25, -0.2) is 9.59 Å². The van der Waals surface area contributed by atoms with Gasteiger partial charge >= 0.3 is 12.0 Å². The first-order valence-corrected chi connectivity index (χ1v) is 5.85. The Morgan fingerprint density at radius 1 is 1.41 bits per heavy atom. The zero-order valence-corrected chi connectivity index (χ0v) is 10.2. The van der Waals surface area contributed by atoms with Crippen LogP contribution < -0.4 is 10.6 Å². The Bertz CT molecular complexity index is 300. The lowest BCUT2D eigenvalue weighted by Crippen LogP contribution is -2.51. The van der Waals surface area contributed by atoms with E-state index in [4.69, 9.17) is 5.11 Å². The fourth-order valence-electron chi connectivity index (χ4n) is 1.68. The third kappa shape index (κ3) is 3.89. The molecule has 0 bridgehead atoms. The number of carbonyl (C=O) groups is 2. The van der Waals surface area contributed by atoms with Gasteiger partial charge in [-0.2, -0.15) is 0 Å². The minimum absolute atomic E-state index is 0.209. The Labute approximate surface area is 100 Å². The molecule has 0 radical (unpaired) electrons. The molecule has 17 heavy (non-hydrogen) atoms. The van der Waals surface area contributed by atoms with E-state index < -0.39 is 24.1 Å². The van der Waals surface area contributed by atoms with Gasteiger partial charge in [0.25, 0.3) is 0 Å². The molecule has 1 aliphatic rings. The van der Waals surface area contributed by atoms with E-state index in [9.17, 15) is 14.7 Å². The Hall–Kier alpha value is -1.30. The summed E-state index contributed by atoms with van der Waals surface area (Å²) in [5.74, 6) is -1.24. The Morgan fingerprint density at radius 2 is 2.00 bits per heavy atom. The van der Waals surface area contributed by atoms with Gasteiger partial charge in [-0.3, -0.25) is 0 Å². The average molecular weight is 244 g/mol. The lowest BCUT2D eigenvalue weighted by atomic mass is 10.0. The Kier molecular flexibility index (Phi) is 4.34. The van der Waals surface area contributed by atoms with Crippen molar-refractivity contribution in [2.75, 3.05) is 6.54 Å². The molecule has 1 rings (SSSR count). The van der Waals surface area contributed by atoms with Crippen molar-refractivity contribution in [3.63, 3.8) is 0 Å². The normalized spacial score (nSPS) is 20.2. The van der Waals surface area contributed by atoms with Crippen LogP contribution in [0, 0.1) is 5.41 Å². The number of hydrogen-bond donors (Lipinski definition) is 4. The number of carbonyl (C=O) groups excluding carboxylic acids is 1. The molecule has 0 spiro atoms. The smallest absolute Gasteiger partial charge is 0.328 e. The third-order valence-electron chi connectivity index (χ3n) is 3.37. The van der Waals surface area contributed by atoms with Crippen LogP contribution in [0.15, 0.2) is 0 Å². The van der Waals surface area contributed by atoms with Crippen LogP contribution >= 0.6 is 0 Å². The highest BCUT2D eigenvalue weighted by molar-refractivity contribution is 5.82. The molecule has 0 aliphatic heterocycles. The SMILES string of the molecule is CCC1(CNC(=O)NC(C(=O)O)C(C)O)CC1. The topological polar surface area (TPSA) is 98.7 Å². The van der Waals surface area contributed by atoms with Crippen molar-refractivity contribution in [1.82, 2.24) is 10.6 Å². The summed E-state index contributed by atoms with van der Waals surface area (Å²) in [5.41, 5.74) is 0.209. The zero-order valence-electron chi connectivity index (χ0n) is 10.2. The first kappa shape index (κ1) is 13.8. The maximum Gasteiger partial charge on any atom is 0.328 e. The van der Waals surface area contributed by atoms with Gasteiger partial charge in [-0.1, -0.05) is 6.92 Å². The standard InChI is InChI=1S/C11H20N2O4/c1-3-11(4-5-11)6-12-10(17)13-8(7(2)14)9(15)16/h7-8,14H,3-6H2,1-2H3,(H,15,16)(H2,12,13,17). The van der Waals surface area contributed by atoms with Crippen molar-refractivity contribution in [3.05, 3.63) is 0 Å². The fraction of sp³-hybridized carbons (Fsp3) is 0.818. The van der Waals surface area contributed by atoms with E-state index in [1.165, 1.54) is 6.92 Å². The second kappa shape index (κ2) is 5.35. The summed E-state index contributed by atoms with van der Waals surface area (Å²) in [6.45, 7) is 3.96. The van der Waals surface area contributed by atoms with Crippen LogP contribution in [-0.2, 0) is 4.79 Å². The van der Waals surface area contributed by atoms with Gasteiger partial charge in [0.15, 0.2) is 6.04 Å². The molecule has 0 aromatic rings. The van der Waals surface area contributed by atoms with E-state index in [0.717, 1.165) is 19.3 Å². The van der Waals surface area contributed by atoms with Crippen molar-refractivity contribution in [2.45, 2.75) is 45.3 Å². The van der Waals surface area contributed by atoms with Crippen molar-refractivity contribution >= 4 is 12.0 Å². The summed E-state index contributed by atoms with van der Waals surface area (Å²) in [5, 5.41) is 22.9. The molecule has 6 nitrogen and oxygen atoms in total. The molecule has 98 valence electrons. The Morgan fingerprint density at radius 3 is 2.35 bits per heavy atom. The molecule has 2 amide bonds. The highest BCUT2D eigenvalue weighted by atomic mass is 16.4. The Balaban J connectivity index is 2.35. The zero-order chi connectivity index (χ0) is 13.1. The number of aliphatic hydroxyl groups is 1. The van der Waals surface area contributed by atoms with E-state index in [0.29, 0.717) is 6.54 Å². The fourth-order valence-corrected chi connectivity index (χ4v) is 1.68. The van der Waals surface area contributed by atoms with Crippen molar-refractivity contribution < 1.29 is 19.8 Å². The molecule has 1 aliphatic carbocycles. The van der Waals surface area contributed by atoms with E-state index in [-0.39, 0.29) is 5.41 Å². The number of hydrogen-bond acceptors (Lipinski definition) is 3. The van der Waals surface area contributed by atoms with Crippen LogP contribution in [0.3, 0.4) is 0 Å². The summed E-state index contributed by atoms with van der Waals surface area (Å²) < 4.78 is 0. The highest BCUT2D eigenvalue weighted by Crippen LogP contribution is 2.47. The maximum absolute atomic E-state index is 11.5. The van der Waals surface area contributed by atoms with E-state index >= 15 is 0 Å². The minimum Gasteiger partial charge on any atom is -0.480 e. The predicted octanol–water partition coefficient (Wildman–Crippen LogP) is 0.310. The van der Waals surface area contributed by atoms with Crippen LogP contribution in [-0.4, -0.2) is 40.9 Å². The number of nitrogens with one attached hydrogen (secondary N) is 2. The van der Waals surface area contributed by atoms with Gasteiger partial charge in [0.05, 0.1) is 6.10 Å². The monoisotopic (exact) mass is 244 g/mol. The van der Waals surface area contributed by atoms with Gasteiger partial charge in [0.2, 0.25) is 0 Å². The second-order valence-corrected chi connectivity index (χ2v) is 4.74. The summed E-state index contributed by atoms with van der Waals surface area (Å²) in [7, 11) is 0. The number of carboxylic acids is 1. The van der Waals surface area contributed by atoms with Crippen LogP contribution in [0.4, 0.5) is 4.79 Å². The number of amides is 2. The molecule has 2 unspecified atom stereocenters. The lowest BCUT2D eigenvalue weighted by molar-refractivity contribution is -0.141. The third-order valence-corrected chi connectivity index (χ3v) is 3.37. The number of aliphatic carboxylic acids is 1. The molecule has 0 saturated heterocycles.